The Morgan fingerprint density at radius 1 is 1.21 bits per heavy atom. The number of amides is 1. The maximum absolute atomic E-state index is 11.2. The molecule has 0 N–H and O–H groups in total. The molecule has 0 aliphatic carbocycles. The SMILES string of the molecule is CC(=O)N1CCC(Oc2ccc(N(C)C)cc2)CC1. The number of benzene rings is 1. The van der Waals surface area contributed by atoms with E-state index in [-0.39, 0.29) is 12.0 Å². The first-order valence-corrected chi connectivity index (χ1v) is 6.76. The Balaban J connectivity index is 1.87. The van der Waals surface area contributed by atoms with Crippen molar-refractivity contribution in [1.82, 2.24) is 4.90 Å². The summed E-state index contributed by atoms with van der Waals surface area (Å²) >= 11 is 0. The van der Waals surface area contributed by atoms with E-state index in [0.29, 0.717) is 0 Å². The fraction of sp³-hybridized carbons (Fsp3) is 0.533. The van der Waals surface area contributed by atoms with Crippen molar-refractivity contribution in [3.63, 3.8) is 0 Å². The van der Waals surface area contributed by atoms with E-state index in [1.807, 2.05) is 31.1 Å². The van der Waals surface area contributed by atoms with Crippen LogP contribution in [0.15, 0.2) is 24.3 Å². The van der Waals surface area contributed by atoms with Gasteiger partial charge in [-0.3, -0.25) is 4.79 Å². The lowest BCUT2D eigenvalue weighted by Gasteiger charge is -2.31. The van der Waals surface area contributed by atoms with Crippen LogP contribution in [-0.4, -0.2) is 44.1 Å². The summed E-state index contributed by atoms with van der Waals surface area (Å²) in [6, 6.07) is 8.12. The highest BCUT2D eigenvalue weighted by molar-refractivity contribution is 5.73. The molecule has 1 aromatic carbocycles. The van der Waals surface area contributed by atoms with Gasteiger partial charge < -0.3 is 14.5 Å². The van der Waals surface area contributed by atoms with E-state index in [4.69, 9.17) is 4.74 Å². The third-order valence-electron chi connectivity index (χ3n) is 3.54. The molecule has 2 rings (SSSR count). The van der Waals surface area contributed by atoms with Crippen LogP contribution in [0.2, 0.25) is 0 Å². The van der Waals surface area contributed by atoms with E-state index < -0.39 is 0 Å². The van der Waals surface area contributed by atoms with E-state index in [9.17, 15) is 4.79 Å². The van der Waals surface area contributed by atoms with E-state index >= 15 is 0 Å². The predicted molar refractivity (Wildman–Crippen MR) is 76.7 cm³/mol. The molecular formula is C15H22N2O2. The number of hydrogen-bond donors (Lipinski definition) is 0. The number of anilines is 1. The molecule has 1 amide bonds. The van der Waals surface area contributed by atoms with Crippen molar-refractivity contribution >= 4 is 11.6 Å². The van der Waals surface area contributed by atoms with Crippen molar-refractivity contribution in [2.75, 3.05) is 32.1 Å². The van der Waals surface area contributed by atoms with E-state index in [0.717, 1.165) is 31.7 Å². The van der Waals surface area contributed by atoms with Crippen molar-refractivity contribution in [3.05, 3.63) is 24.3 Å². The molecule has 1 aromatic rings. The van der Waals surface area contributed by atoms with Gasteiger partial charge in [-0.1, -0.05) is 0 Å². The van der Waals surface area contributed by atoms with Crippen molar-refractivity contribution < 1.29 is 9.53 Å². The first kappa shape index (κ1) is 13.7. The lowest BCUT2D eigenvalue weighted by atomic mass is 10.1. The van der Waals surface area contributed by atoms with Crippen LogP contribution in [0.1, 0.15) is 19.8 Å². The molecule has 1 heterocycles. The first-order valence-electron chi connectivity index (χ1n) is 6.76. The van der Waals surface area contributed by atoms with Gasteiger partial charge in [0.05, 0.1) is 0 Å². The van der Waals surface area contributed by atoms with Gasteiger partial charge in [-0.25, -0.2) is 0 Å². The molecule has 4 heteroatoms. The topological polar surface area (TPSA) is 32.8 Å². The van der Waals surface area contributed by atoms with Gasteiger partial charge in [0.25, 0.3) is 0 Å². The number of carbonyl (C=O) groups is 1. The first-order chi connectivity index (χ1) is 9.06. The second-order valence-electron chi connectivity index (χ2n) is 5.21. The number of nitrogens with zero attached hydrogens (tertiary/aromatic N) is 2. The molecule has 0 unspecified atom stereocenters. The molecule has 1 aliphatic heterocycles. The molecule has 0 bridgehead atoms. The Kier molecular flexibility index (Phi) is 4.30. The van der Waals surface area contributed by atoms with Gasteiger partial charge in [0.15, 0.2) is 0 Å². The lowest BCUT2D eigenvalue weighted by molar-refractivity contribution is -0.130. The standard InChI is InChI=1S/C15H22N2O2/c1-12(18)17-10-8-15(9-11-17)19-14-6-4-13(5-7-14)16(2)3/h4-7,15H,8-11H2,1-3H3. The Bertz CT molecular complexity index is 420. The minimum atomic E-state index is 0.161. The molecule has 4 nitrogen and oxygen atoms in total. The predicted octanol–water partition coefficient (Wildman–Crippen LogP) is 2.14. The number of carbonyl (C=O) groups excluding carboxylic acids is 1. The zero-order valence-electron chi connectivity index (χ0n) is 11.9. The number of piperidine rings is 1. The Labute approximate surface area is 115 Å². The second kappa shape index (κ2) is 5.95. The maximum Gasteiger partial charge on any atom is 0.219 e. The Hall–Kier alpha value is -1.71. The zero-order valence-corrected chi connectivity index (χ0v) is 11.9. The van der Waals surface area contributed by atoms with E-state index in [2.05, 4.69) is 17.0 Å². The minimum absolute atomic E-state index is 0.161. The normalized spacial score (nSPS) is 16.3. The van der Waals surface area contributed by atoms with Crippen molar-refractivity contribution in [3.8, 4) is 5.75 Å². The van der Waals surface area contributed by atoms with Crippen LogP contribution in [0.4, 0.5) is 5.69 Å². The van der Waals surface area contributed by atoms with Crippen LogP contribution in [0.5, 0.6) is 5.75 Å². The highest BCUT2D eigenvalue weighted by atomic mass is 16.5. The summed E-state index contributed by atoms with van der Waals surface area (Å²) in [5, 5.41) is 0. The van der Waals surface area contributed by atoms with Crippen LogP contribution < -0.4 is 9.64 Å². The molecule has 1 saturated heterocycles. The molecule has 0 saturated carbocycles. The van der Waals surface area contributed by atoms with Crippen LogP contribution >= 0.6 is 0 Å². The number of ether oxygens (including phenoxy) is 1. The van der Waals surface area contributed by atoms with Crippen LogP contribution in [0, 0.1) is 0 Å². The summed E-state index contributed by atoms with van der Waals surface area (Å²) in [4.78, 5) is 15.2. The molecule has 0 radical (unpaired) electrons. The van der Waals surface area contributed by atoms with E-state index in [1.165, 1.54) is 5.69 Å². The van der Waals surface area contributed by atoms with E-state index in [1.54, 1.807) is 6.92 Å². The van der Waals surface area contributed by atoms with Gasteiger partial charge in [-0.05, 0) is 24.3 Å². The van der Waals surface area contributed by atoms with Crippen LogP contribution in [-0.2, 0) is 4.79 Å². The maximum atomic E-state index is 11.2. The van der Waals surface area contributed by atoms with Crippen molar-refractivity contribution in [2.45, 2.75) is 25.9 Å². The van der Waals surface area contributed by atoms with Crippen LogP contribution in [0.3, 0.4) is 0 Å². The average Bonchev–Trinajstić information content (AvgIpc) is 2.40. The largest absolute Gasteiger partial charge is 0.490 e. The quantitative estimate of drug-likeness (QED) is 0.836. The van der Waals surface area contributed by atoms with Gasteiger partial charge in [0, 0.05) is 52.6 Å². The van der Waals surface area contributed by atoms with Gasteiger partial charge in [0.2, 0.25) is 5.91 Å². The summed E-state index contributed by atoms with van der Waals surface area (Å²) in [7, 11) is 4.04. The molecule has 1 aliphatic rings. The molecule has 0 atom stereocenters. The third-order valence-corrected chi connectivity index (χ3v) is 3.54. The highest BCUT2D eigenvalue weighted by Gasteiger charge is 2.21. The van der Waals surface area contributed by atoms with Gasteiger partial charge >= 0.3 is 0 Å². The van der Waals surface area contributed by atoms with Gasteiger partial charge in [-0.2, -0.15) is 0 Å². The monoisotopic (exact) mass is 262 g/mol. The zero-order chi connectivity index (χ0) is 13.8. The van der Waals surface area contributed by atoms with Crippen molar-refractivity contribution in [1.29, 1.82) is 0 Å². The molecule has 19 heavy (non-hydrogen) atoms. The summed E-state index contributed by atoms with van der Waals surface area (Å²) < 4.78 is 5.96. The third kappa shape index (κ3) is 3.63. The molecule has 0 aromatic heterocycles. The average molecular weight is 262 g/mol. The summed E-state index contributed by atoms with van der Waals surface area (Å²) in [6.07, 6.45) is 2.05. The van der Waals surface area contributed by atoms with Gasteiger partial charge in [0.1, 0.15) is 11.9 Å². The summed E-state index contributed by atoms with van der Waals surface area (Å²) in [5.74, 6) is 1.07. The number of hydrogen-bond acceptors (Lipinski definition) is 3. The molecule has 104 valence electrons. The molecule has 0 spiro atoms. The van der Waals surface area contributed by atoms with Crippen molar-refractivity contribution in [2.24, 2.45) is 0 Å². The summed E-state index contributed by atoms with van der Waals surface area (Å²) in [6.45, 7) is 3.23. The fourth-order valence-electron chi connectivity index (χ4n) is 2.30. The summed E-state index contributed by atoms with van der Waals surface area (Å²) in [5.41, 5.74) is 1.17. The Morgan fingerprint density at radius 3 is 2.26 bits per heavy atom. The number of rotatable bonds is 3. The Morgan fingerprint density at radius 2 is 1.79 bits per heavy atom. The van der Waals surface area contributed by atoms with Gasteiger partial charge in [-0.15, -0.1) is 0 Å². The number of likely N-dealkylation sites (tertiary alicyclic amines) is 1. The second-order valence-corrected chi connectivity index (χ2v) is 5.21. The molecular weight excluding hydrogens is 240 g/mol. The molecule has 1 fully saturated rings. The smallest absolute Gasteiger partial charge is 0.219 e. The lowest BCUT2D eigenvalue weighted by Crippen LogP contribution is -2.40. The minimum Gasteiger partial charge on any atom is -0.490 e. The fourth-order valence-corrected chi connectivity index (χ4v) is 2.30. The van der Waals surface area contributed by atoms with Crippen LogP contribution in [0.25, 0.3) is 0 Å². The highest BCUT2D eigenvalue weighted by Crippen LogP contribution is 2.22.